The summed E-state index contributed by atoms with van der Waals surface area (Å²) in [5, 5.41) is 0.857. The molecule has 106 valence electrons. The molecular formula is C14H19Cl2NO2. The van der Waals surface area contributed by atoms with Crippen LogP contribution in [-0.4, -0.2) is 17.3 Å². The van der Waals surface area contributed by atoms with Gasteiger partial charge in [0.15, 0.2) is 0 Å². The molecule has 1 atom stereocenters. The Balaban J connectivity index is 2.25. The molecule has 1 aromatic carbocycles. The van der Waals surface area contributed by atoms with Crippen LogP contribution in [0.25, 0.3) is 0 Å². The summed E-state index contributed by atoms with van der Waals surface area (Å²) >= 11 is 11.9. The number of anilines is 1. The summed E-state index contributed by atoms with van der Waals surface area (Å²) < 4.78 is 12.0. The second-order valence-electron chi connectivity index (χ2n) is 6.08. The highest BCUT2D eigenvalue weighted by Gasteiger charge is 2.47. The van der Waals surface area contributed by atoms with E-state index in [1.807, 2.05) is 13.8 Å². The monoisotopic (exact) mass is 303 g/mol. The van der Waals surface area contributed by atoms with Crippen LogP contribution in [0.3, 0.4) is 0 Å². The summed E-state index contributed by atoms with van der Waals surface area (Å²) in [7, 11) is 0. The third-order valence-electron chi connectivity index (χ3n) is 3.31. The average molecular weight is 304 g/mol. The molecule has 5 heteroatoms. The van der Waals surface area contributed by atoms with Gasteiger partial charge in [0.2, 0.25) is 0 Å². The standard InChI is InChI=1S/C14H19Cl2NO2/c1-13(2)7-12(14(3,4)19-13)18-11-6-9(16)8(15)5-10(11)17/h5-6,12H,7,17H2,1-4H3. The van der Waals surface area contributed by atoms with E-state index in [4.69, 9.17) is 38.4 Å². The predicted molar refractivity (Wildman–Crippen MR) is 79.2 cm³/mol. The van der Waals surface area contributed by atoms with E-state index in [1.54, 1.807) is 12.1 Å². The third-order valence-corrected chi connectivity index (χ3v) is 4.04. The normalized spacial score (nSPS) is 24.4. The molecule has 1 unspecified atom stereocenters. The zero-order valence-electron chi connectivity index (χ0n) is 11.6. The number of ether oxygens (including phenoxy) is 2. The van der Waals surface area contributed by atoms with Crippen molar-refractivity contribution >= 4 is 28.9 Å². The quantitative estimate of drug-likeness (QED) is 0.828. The molecule has 0 amide bonds. The van der Waals surface area contributed by atoms with Crippen LogP contribution >= 0.6 is 23.2 Å². The topological polar surface area (TPSA) is 44.5 Å². The van der Waals surface area contributed by atoms with Gasteiger partial charge in [-0.2, -0.15) is 0 Å². The molecule has 1 saturated heterocycles. The van der Waals surface area contributed by atoms with Crippen molar-refractivity contribution in [2.75, 3.05) is 5.73 Å². The molecule has 0 saturated carbocycles. The third kappa shape index (κ3) is 3.10. The first-order valence-corrected chi connectivity index (χ1v) is 6.98. The number of halogens is 2. The molecule has 2 rings (SSSR count). The second kappa shape index (κ2) is 4.72. The average Bonchev–Trinajstić information content (AvgIpc) is 2.43. The van der Waals surface area contributed by atoms with Crippen LogP contribution in [0.4, 0.5) is 5.69 Å². The van der Waals surface area contributed by atoms with Gasteiger partial charge in [-0.05, 0) is 33.8 Å². The summed E-state index contributed by atoms with van der Waals surface area (Å²) in [6.07, 6.45) is 0.710. The number of hydrogen-bond acceptors (Lipinski definition) is 3. The lowest BCUT2D eigenvalue weighted by Gasteiger charge is -2.27. The highest BCUT2D eigenvalue weighted by molar-refractivity contribution is 6.42. The Morgan fingerprint density at radius 3 is 2.32 bits per heavy atom. The highest BCUT2D eigenvalue weighted by Crippen LogP contribution is 2.41. The zero-order valence-corrected chi connectivity index (χ0v) is 13.1. The number of nitrogen functional groups attached to an aromatic ring is 1. The van der Waals surface area contributed by atoms with Gasteiger partial charge in [-0.3, -0.25) is 0 Å². The van der Waals surface area contributed by atoms with Crippen molar-refractivity contribution in [1.29, 1.82) is 0 Å². The van der Waals surface area contributed by atoms with Gasteiger partial charge in [-0.25, -0.2) is 0 Å². The van der Waals surface area contributed by atoms with Gasteiger partial charge in [0.1, 0.15) is 17.5 Å². The molecule has 0 spiro atoms. The number of benzene rings is 1. The van der Waals surface area contributed by atoms with Crippen LogP contribution in [0, 0.1) is 0 Å². The van der Waals surface area contributed by atoms with Gasteiger partial charge in [0.25, 0.3) is 0 Å². The van der Waals surface area contributed by atoms with Crippen molar-refractivity contribution < 1.29 is 9.47 Å². The Bertz CT molecular complexity index is 500. The van der Waals surface area contributed by atoms with Crippen LogP contribution in [0.1, 0.15) is 34.1 Å². The van der Waals surface area contributed by atoms with E-state index in [0.717, 1.165) is 6.42 Å². The number of nitrogens with two attached hydrogens (primary N) is 1. The fraction of sp³-hybridized carbons (Fsp3) is 0.571. The van der Waals surface area contributed by atoms with Crippen LogP contribution in [0.15, 0.2) is 12.1 Å². The van der Waals surface area contributed by atoms with Crippen molar-refractivity contribution in [3.63, 3.8) is 0 Å². The molecule has 2 N–H and O–H groups in total. The SMILES string of the molecule is CC1(C)CC(Oc2cc(Cl)c(Cl)cc2N)C(C)(C)O1. The number of hydrogen-bond donors (Lipinski definition) is 1. The second-order valence-corrected chi connectivity index (χ2v) is 6.89. The van der Waals surface area contributed by atoms with E-state index >= 15 is 0 Å². The van der Waals surface area contributed by atoms with Crippen molar-refractivity contribution in [2.24, 2.45) is 0 Å². The molecule has 1 aromatic rings. The minimum atomic E-state index is -0.373. The fourth-order valence-electron chi connectivity index (χ4n) is 2.49. The fourth-order valence-corrected chi connectivity index (χ4v) is 2.82. The minimum absolute atomic E-state index is 0.0814. The number of rotatable bonds is 2. The molecular weight excluding hydrogens is 285 g/mol. The first-order chi connectivity index (χ1) is 8.61. The first kappa shape index (κ1) is 14.8. The van der Waals surface area contributed by atoms with E-state index in [9.17, 15) is 0 Å². The van der Waals surface area contributed by atoms with Crippen LogP contribution in [0.5, 0.6) is 5.75 Å². The first-order valence-electron chi connectivity index (χ1n) is 6.22. The van der Waals surface area contributed by atoms with Gasteiger partial charge in [0, 0.05) is 12.5 Å². The summed E-state index contributed by atoms with van der Waals surface area (Å²) in [6.45, 7) is 8.13. The molecule has 19 heavy (non-hydrogen) atoms. The van der Waals surface area contributed by atoms with Crippen molar-refractivity contribution in [2.45, 2.75) is 51.4 Å². The van der Waals surface area contributed by atoms with E-state index < -0.39 is 0 Å². The summed E-state index contributed by atoms with van der Waals surface area (Å²) in [5.41, 5.74) is 5.81. The lowest BCUT2D eigenvalue weighted by molar-refractivity contribution is -0.0845. The van der Waals surface area contributed by atoms with Gasteiger partial charge >= 0.3 is 0 Å². The molecule has 0 radical (unpaired) electrons. The maximum atomic E-state index is 6.00. The minimum Gasteiger partial charge on any atom is -0.485 e. The van der Waals surface area contributed by atoms with Gasteiger partial charge in [-0.15, -0.1) is 0 Å². The van der Waals surface area contributed by atoms with Gasteiger partial charge in [-0.1, -0.05) is 23.2 Å². The zero-order chi connectivity index (χ0) is 14.4. The van der Waals surface area contributed by atoms with Crippen molar-refractivity contribution in [3.8, 4) is 5.75 Å². The lowest BCUT2D eigenvalue weighted by atomic mass is 9.97. The lowest BCUT2D eigenvalue weighted by Crippen LogP contribution is -2.36. The molecule has 1 aliphatic heterocycles. The van der Waals surface area contributed by atoms with E-state index in [0.29, 0.717) is 21.5 Å². The Kier molecular flexibility index (Phi) is 3.67. The van der Waals surface area contributed by atoms with Gasteiger partial charge in [0.05, 0.1) is 21.3 Å². The van der Waals surface area contributed by atoms with Crippen molar-refractivity contribution in [1.82, 2.24) is 0 Å². The van der Waals surface area contributed by atoms with E-state index in [-0.39, 0.29) is 17.3 Å². The summed E-state index contributed by atoms with van der Waals surface area (Å²) in [4.78, 5) is 0. The molecule has 0 bridgehead atoms. The molecule has 0 aliphatic carbocycles. The Morgan fingerprint density at radius 1 is 1.21 bits per heavy atom. The van der Waals surface area contributed by atoms with Crippen molar-refractivity contribution in [3.05, 3.63) is 22.2 Å². The smallest absolute Gasteiger partial charge is 0.144 e. The summed E-state index contributed by atoms with van der Waals surface area (Å²) in [5.74, 6) is 0.550. The largest absolute Gasteiger partial charge is 0.485 e. The molecule has 1 fully saturated rings. The van der Waals surface area contributed by atoms with Crippen LogP contribution < -0.4 is 10.5 Å². The maximum absolute atomic E-state index is 6.00. The molecule has 0 aromatic heterocycles. The molecule has 1 heterocycles. The predicted octanol–water partition coefficient (Wildman–Crippen LogP) is 4.30. The molecule has 3 nitrogen and oxygen atoms in total. The highest BCUT2D eigenvalue weighted by atomic mass is 35.5. The van der Waals surface area contributed by atoms with Gasteiger partial charge < -0.3 is 15.2 Å². The summed E-state index contributed by atoms with van der Waals surface area (Å²) in [6, 6.07) is 3.26. The Morgan fingerprint density at radius 2 is 1.79 bits per heavy atom. The van der Waals surface area contributed by atoms with E-state index in [1.165, 1.54) is 0 Å². The Hall–Kier alpha value is -0.640. The van der Waals surface area contributed by atoms with Crippen LogP contribution in [-0.2, 0) is 4.74 Å². The Labute approximate surface area is 124 Å². The maximum Gasteiger partial charge on any atom is 0.144 e. The van der Waals surface area contributed by atoms with E-state index in [2.05, 4.69) is 13.8 Å². The van der Waals surface area contributed by atoms with Crippen LogP contribution in [0.2, 0.25) is 10.0 Å². The molecule has 1 aliphatic rings.